The third-order valence-corrected chi connectivity index (χ3v) is 9.05. The molecule has 216 valence electrons. The van der Waals surface area contributed by atoms with E-state index in [2.05, 4.69) is 38.3 Å². The number of pyridine rings is 1. The van der Waals surface area contributed by atoms with Gasteiger partial charge in [0.25, 0.3) is 0 Å². The first-order valence-corrected chi connectivity index (χ1v) is 14.7. The van der Waals surface area contributed by atoms with Crippen molar-refractivity contribution < 1.29 is 14.6 Å². The first kappa shape index (κ1) is 27.2. The van der Waals surface area contributed by atoms with Crippen LogP contribution in [0.2, 0.25) is 0 Å². The van der Waals surface area contributed by atoms with E-state index in [1.165, 1.54) is 44.3 Å². The number of likely N-dealkylation sites (tertiary alicyclic amines) is 1. The van der Waals surface area contributed by atoms with Gasteiger partial charge in [0.2, 0.25) is 5.95 Å². The van der Waals surface area contributed by atoms with Gasteiger partial charge >= 0.3 is 0 Å². The maximum absolute atomic E-state index is 9.53. The number of hydrogen-bond donors (Lipinski definition) is 3. The van der Waals surface area contributed by atoms with Crippen LogP contribution in [0.3, 0.4) is 0 Å². The van der Waals surface area contributed by atoms with Crippen molar-refractivity contribution in [2.75, 3.05) is 51.1 Å². The molecule has 3 fully saturated rings. The second-order valence-corrected chi connectivity index (χ2v) is 11.9. The molecule has 2 aliphatic heterocycles. The maximum atomic E-state index is 9.53. The molecule has 40 heavy (non-hydrogen) atoms. The number of aromatic nitrogens is 5. The number of anilines is 2. The number of nitrogens with one attached hydrogen (secondary N) is 1. The molecule has 0 amide bonds. The normalized spacial score (nSPS) is 20.4. The highest BCUT2D eigenvalue weighted by molar-refractivity contribution is 5.86. The van der Waals surface area contributed by atoms with E-state index in [-0.39, 0.29) is 18.6 Å². The minimum Gasteiger partial charge on any atom is -0.495 e. The summed E-state index contributed by atoms with van der Waals surface area (Å²) in [5.41, 5.74) is 9.99. The molecule has 2 saturated heterocycles. The number of ether oxygens (including phenoxy) is 2. The molecule has 11 heteroatoms. The zero-order valence-electron chi connectivity index (χ0n) is 23.7. The first-order chi connectivity index (χ1) is 19.5. The molecule has 3 aromatic rings. The molecule has 1 atom stereocenters. The van der Waals surface area contributed by atoms with Crippen molar-refractivity contribution in [2.24, 2.45) is 5.41 Å². The minimum atomic E-state index is 0.0768. The highest BCUT2D eigenvalue weighted by atomic mass is 16.5. The van der Waals surface area contributed by atoms with Crippen molar-refractivity contribution in [1.82, 2.24) is 29.6 Å². The number of hydrogen-bond acceptors (Lipinski definition) is 10. The second kappa shape index (κ2) is 11.5. The number of nitrogens with two attached hydrogens (primary N) is 1. The average molecular weight is 551 g/mol. The van der Waals surface area contributed by atoms with Crippen molar-refractivity contribution in [2.45, 2.75) is 76.4 Å². The lowest BCUT2D eigenvalue weighted by molar-refractivity contribution is -0.112. The highest BCUT2D eigenvalue weighted by Crippen LogP contribution is 2.57. The summed E-state index contributed by atoms with van der Waals surface area (Å²) in [4.78, 5) is 16.4. The van der Waals surface area contributed by atoms with Gasteiger partial charge in [0.15, 0.2) is 5.82 Å². The Morgan fingerprint density at radius 2 is 2.00 bits per heavy atom. The number of methoxy groups -OCH3 is 1. The van der Waals surface area contributed by atoms with Crippen LogP contribution in [-0.2, 0) is 11.3 Å². The summed E-state index contributed by atoms with van der Waals surface area (Å²) in [5, 5.41) is 17.6. The Labute approximate surface area is 235 Å². The van der Waals surface area contributed by atoms with E-state index in [0.717, 1.165) is 43.0 Å². The van der Waals surface area contributed by atoms with Crippen molar-refractivity contribution in [3.05, 3.63) is 29.7 Å². The summed E-state index contributed by atoms with van der Waals surface area (Å²) >= 11 is 0. The fourth-order valence-corrected chi connectivity index (χ4v) is 6.98. The number of rotatable bonds is 11. The molecule has 0 aromatic carbocycles. The summed E-state index contributed by atoms with van der Waals surface area (Å²) in [6.45, 7) is 6.91. The monoisotopic (exact) mass is 550 g/mol. The third kappa shape index (κ3) is 5.34. The van der Waals surface area contributed by atoms with Gasteiger partial charge in [-0.2, -0.15) is 10.1 Å². The highest BCUT2D eigenvalue weighted by Gasteiger charge is 2.53. The molecular formula is C29H42N8O3. The van der Waals surface area contributed by atoms with E-state index in [9.17, 15) is 5.11 Å². The molecule has 1 saturated carbocycles. The zero-order valence-corrected chi connectivity index (χ0v) is 23.7. The maximum Gasteiger partial charge on any atom is 0.222 e. The predicted octanol–water partition coefficient (Wildman–Crippen LogP) is 3.18. The largest absolute Gasteiger partial charge is 0.495 e. The Morgan fingerprint density at radius 1 is 1.20 bits per heavy atom. The van der Waals surface area contributed by atoms with Crippen LogP contribution >= 0.6 is 0 Å². The lowest BCUT2D eigenvalue weighted by atomic mass is 9.56. The van der Waals surface area contributed by atoms with Crippen LogP contribution in [0.25, 0.3) is 11.0 Å². The molecule has 0 radical (unpaired) electrons. The molecule has 1 aliphatic carbocycles. The number of aliphatic hydroxyl groups excluding tert-OH is 1. The Kier molecular flexibility index (Phi) is 7.78. The van der Waals surface area contributed by atoms with Gasteiger partial charge in [-0.05, 0) is 61.5 Å². The molecule has 4 N–H and O–H groups in total. The van der Waals surface area contributed by atoms with Crippen LogP contribution in [0.4, 0.5) is 11.8 Å². The average Bonchev–Trinajstić information content (AvgIpc) is 3.31. The minimum absolute atomic E-state index is 0.0768. The fourth-order valence-electron chi connectivity index (χ4n) is 6.98. The molecule has 0 bridgehead atoms. The number of aliphatic hydroxyl groups is 1. The Morgan fingerprint density at radius 3 is 2.73 bits per heavy atom. The predicted molar refractivity (Wildman–Crippen MR) is 153 cm³/mol. The van der Waals surface area contributed by atoms with E-state index in [4.69, 9.17) is 20.2 Å². The number of fused-ring (bicyclic) bond motifs is 1. The van der Waals surface area contributed by atoms with Crippen LogP contribution in [-0.4, -0.2) is 86.8 Å². The van der Waals surface area contributed by atoms with Gasteiger partial charge in [0, 0.05) is 51.2 Å². The van der Waals surface area contributed by atoms with Gasteiger partial charge in [0.1, 0.15) is 22.5 Å². The van der Waals surface area contributed by atoms with E-state index < -0.39 is 0 Å². The standard InChI is InChI=1S/C29H42N8O3/c1-3-4-21(5-8-38)33-27-26-23(34-28(30)35-27)15-32-37(26)16-24-25(39-2)11-19(14-31-24)20-12-29(13-20)17-36(18-29)22-6-9-40-10-7-22/h11,14-15,20-22,38H,3-10,12-13,16-18H2,1-2H3,(H3,30,33,34,35)/t21-/m0/s1. The SMILES string of the molecule is CCC[C@@H](CCO)Nc1nc(N)nc2cnn(Cc3ncc(C4CC5(C4)CN(C4CCOCC4)C5)cc3OC)c12. The first-order valence-electron chi connectivity index (χ1n) is 14.7. The van der Waals surface area contributed by atoms with Crippen molar-refractivity contribution >= 4 is 22.8 Å². The van der Waals surface area contributed by atoms with Crippen LogP contribution in [0.5, 0.6) is 5.75 Å². The summed E-state index contributed by atoms with van der Waals surface area (Å²) in [6, 6.07) is 2.95. The molecule has 3 aromatic heterocycles. The molecule has 0 unspecified atom stereocenters. The van der Waals surface area contributed by atoms with E-state index in [0.29, 0.717) is 41.7 Å². The van der Waals surface area contributed by atoms with Crippen molar-refractivity contribution in [3.63, 3.8) is 0 Å². The lowest BCUT2D eigenvalue weighted by Crippen LogP contribution is -2.64. The van der Waals surface area contributed by atoms with Crippen LogP contribution < -0.4 is 15.8 Å². The lowest BCUT2D eigenvalue weighted by Gasteiger charge is -2.61. The smallest absolute Gasteiger partial charge is 0.222 e. The number of nitrogens with zero attached hydrogens (tertiary/aromatic N) is 6. The van der Waals surface area contributed by atoms with Crippen molar-refractivity contribution in [1.29, 1.82) is 0 Å². The van der Waals surface area contributed by atoms with Gasteiger partial charge in [-0.25, -0.2) is 4.98 Å². The van der Waals surface area contributed by atoms with Gasteiger partial charge in [-0.15, -0.1) is 0 Å². The Balaban J connectivity index is 1.15. The quantitative estimate of drug-likeness (QED) is 0.326. The summed E-state index contributed by atoms with van der Waals surface area (Å²) in [7, 11) is 1.70. The Bertz CT molecular complexity index is 1300. The summed E-state index contributed by atoms with van der Waals surface area (Å²) in [5.74, 6) is 2.12. The van der Waals surface area contributed by atoms with Gasteiger partial charge in [-0.1, -0.05) is 13.3 Å². The van der Waals surface area contributed by atoms with Crippen molar-refractivity contribution in [3.8, 4) is 5.75 Å². The van der Waals surface area contributed by atoms with Crippen LogP contribution in [0.15, 0.2) is 18.5 Å². The number of nitrogen functional groups attached to an aromatic ring is 1. The molecule has 11 nitrogen and oxygen atoms in total. The Hall–Kier alpha value is -3.02. The fraction of sp³-hybridized carbons (Fsp3) is 0.655. The van der Waals surface area contributed by atoms with E-state index in [1.807, 2.05) is 10.9 Å². The van der Waals surface area contributed by atoms with Crippen LogP contribution in [0.1, 0.15) is 69.0 Å². The molecule has 3 aliphatic rings. The zero-order chi connectivity index (χ0) is 27.7. The third-order valence-electron chi connectivity index (χ3n) is 9.05. The summed E-state index contributed by atoms with van der Waals surface area (Å²) in [6.07, 6.45) is 11.0. The molecule has 1 spiro atoms. The summed E-state index contributed by atoms with van der Waals surface area (Å²) < 4.78 is 13.2. The van der Waals surface area contributed by atoms with Crippen LogP contribution in [0, 0.1) is 5.41 Å². The molecule has 5 heterocycles. The van der Waals surface area contributed by atoms with Gasteiger partial charge in [-0.3, -0.25) is 14.6 Å². The molecular weight excluding hydrogens is 508 g/mol. The molecule has 6 rings (SSSR count). The van der Waals surface area contributed by atoms with Gasteiger partial charge < -0.3 is 25.6 Å². The van der Waals surface area contributed by atoms with E-state index >= 15 is 0 Å². The topological polar surface area (TPSA) is 136 Å². The van der Waals surface area contributed by atoms with E-state index in [1.54, 1.807) is 13.3 Å². The van der Waals surface area contributed by atoms with Gasteiger partial charge in [0.05, 0.1) is 19.9 Å². The second-order valence-electron chi connectivity index (χ2n) is 11.9.